The fourth-order valence-electron chi connectivity index (χ4n) is 8.70. The zero-order valence-electron chi connectivity index (χ0n) is 26.7. The standard InChI is InChI=1S/C36H43N3O6.ClH/c1-5-30(38-21-19-35(20-22-38,27-14-8-6-9-15-27)28-16-10-7-11-17-28)36(33(42)43)25(3)37-24(2)34(4,32(40)41)31(36)26-13-12-18-29(23-26)39(44)45;/h6-18,23-25,30-31,37H,5,19-22H2,1-4H3,(H,40,41)(H,42,43);1H/p-2. The number of carboxylic acids is 2. The van der Waals surface area contributed by atoms with Crippen molar-refractivity contribution in [1.29, 1.82) is 0 Å². The van der Waals surface area contributed by atoms with Crippen molar-refractivity contribution in [2.24, 2.45) is 10.8 Å². The molecule has 0 spiro atoms. The van der Waals surface area contributed by atoms with E-state index in [1.807, 2.05) is 43.3 Å². The SMILES string of the molecule is CCC(N1CCC(c2ccccc2)(c2ccccc2)CC1)C1(C(=O)[O-])C(C)NC(C)C(C)(C(=O)[O-])C1c1cccc([N+](=O)[O-])c1.Cl. The van der Waals surface area contributed by atoms with Crippen LogP contribution < -0.4 is 15.5 Å². The highest BCUT2D eigenvalue weighted by molar-refractivity contribution is 5.85. The van der Waals surface area contributed by atoms with Crippen molar-refractivity contribution in [2.75, 3.05) is 13.1 Å². The third-order valence-electron chi connectivity index (χ3n) is 11.1. The van der Waals surface area contributed by atoms with Gasteiger partial charge in [-0.1, -0.05) is 86.6 Å². The Morgan fingerprint density at radius 2 is 1.43 bits per heavy atom. The molecule has 9 nitrogen and oxygen atoms in total. The first-order valence-electron chi connectivity index (χ1n) is 15.7. The van der Waals surface area contributed by atoms with Crippen molar-refractivity contribution in [2.45, 2.75) is 76.4 Å². The van der Waals surface area contributed by atoms with Crippen LogP contribution in [0, 0.1) is 20.9 Å². The molecule has 46 heavy (non-hydrogen) atoms. The Balaban J connectivity index is 0.00000480. The molecular formula is C36H42ClN3O6-2. The first-order chi connectivity index (χ1) is 21.4. The maximum absolute atomic E-state index is 13.8. The average Bonchev–Trinajstić information content (AvgIpc) is 3.04. The Bertz CT molecular complexity index is 1510. The predicted octanol–water partition coefficient (Wildman–Crippen LogP) is 3.83. The first kappa shape index (κ1) is 35.1. The minimum absolute atomic E-state index is 0. The van der Waals surface area contributed by atoms with Crippen molar-refractivity contribution < 1.29 is 24.7 Å². The summed E-state index contributed by atoms with van der Waals surface area (Å²) in [7, 11) is 0. The second kappa shape index (κ2) is 13.5. The number of hydrogen-bond donors (Lipinski definition) is 1. The van der Waals surface area contributed by atoms with E-state index in [1.165, 1.54) is 36.2 Å². The lowest BCUT2D eigenvalue weighted by Gasteiger charge is -2.64. The molecule has 3 aromatic rings. The average molecular weight is 648 g/mol. The number of rotatable bonds is 9. The molecule has 0 saturated carbocycles. The largest absolute Gasteiger partial charge is 0.549 e. The van der Waals surface area contributed by atoms with E-state index in [9.17, 15) is 29.9 Å². The second-order valence-corrected chi connectivity index (χ2v) is 13.0. The van der Waals surface area contributed by atoms with Gasteiger partial charge in [0.15, 0.2) is 0 Å². The van der Waals surface area contributed by atoms with Crippen molar-refractivity contribution in [1.82, 2.24) is 10.2 Å². The maximum atomic E-state index is 13.8. The molecule has 6 atom stereocenters. The third-order valence-corrected chi connectivity index (χ3v) is 11.1. The van der Waals surface area contributed by atoms with E-state index in [1.54, 1.807) is 19.9 Å². The third kappa shape index (κ3) is 5.48. The van der Waals surface area contributed by atoms with Gasteiger partial charge in [0.25, 0.3) is 5.69 Å². The molecule has 0 radical (unpaired) electrons. The van der Waals surface area contributed by atoms with Crippen LogP contribution in [0.25, 0.3) is 0 Å². The van der Waals surface area contributed by atoms with Crippen LogP contribution in [0.15, 0.2) is 84.9 Å². The molecule has 2 fully saturated rings. The minimum Gasteiger partial charge on any atom is -0.549 e. The van der Waals surface area contributed by atoms with E-state index in [4.69, 9.17) is 0 Å². The van der Waals surface area contributed by atoms with E-state index in [0.717, 1.165) is 12.8 Å². The summed E-state index contributed by atoms with van der Waals surface area (Å²) in [6, 6.07) is 24.3. The van der Waals surface area contributed by atoms with Crippen LogP contribution in [0.4, 0.5) is 5.69 Å². The van der Waals surface area contributed by atoms with E-state index >= 15 is 0 Å². The van der Waals surface area contributed by atoms with Gasteiger partial charge in [-0.25, -0.2) is 0 Å². The fourth-order valence-corrected chi connectivity index (χ4v) is 8.70. The molecular weight excluding hydrogens is 606 g/mol. The number of aliphatic carboxylic acids is 2. The van der Waals surface area contributed by atoms with E-state index in [-0.39, 0.29) is 29.1 Å². The second-order valence-electron chi connectivity index (χ2n) is 13.0. The number of nitro groups is 1. The summed E-state index contributed by atoms with van der Waals surface area (Å²) in [6.45, 7) is 7.98. The topological polar surface area (TPSA) is 139 Å². The number of nitrogens with one attached hydrogen (secondary N) is 1. The van der Waals surface area contributed by atoms with Gasteiger partial charge in [-0.05, 0) is 62.9 Å². The minimum atomic E-state index is -1.77. The maximum Gasteiger partial charge on any atom is 0.269 e. The van der Waals surface area contributed by atoms with Gasteiger partial charge in [0.05, 0.1) is 10.9 Å². The number of non-ortho nitro benzene ring substituents is 1. The van der Waals surface area contributed by atoms with Gasteiger partial charge in [-0.15, -0.1) is 12.4 Å². The Kier molecular flexibility index (Phi) is 10.3. The number of halogens is 1. The molecule has 0 bridgehead atoms. The molecule has 246 valence electrons. The van der Waals surface area contributed by atoms with Crippen LogP contribution in [0.2, 0.25) is 0 Å². The number of carbonyl (C=O) groups excluding carboxylic acids is 2. The van der Waals surface area contributed by atoms with Crippen LogP contribution >= 0.6 is 12.4 Å². The van der Waals surface area contributed by atoms with Crippen LogP contribution in [0.1, 0.15) is 69.6 Å². The number of nitrogens with zero attached hydrogens (tertiary/aromatic N) is 2. The number of piperidine rings is 2. The molecule has 0 aromatic heterocycles. The summed E-state index contributed by atoms with van der Waals surface area (Å²) >= 11 is 0. The van der Waals surface area contributed by atoms with E-state index < -0.39 is 51.7 Å². The Hall–Kier alpha value is -3.79. The monoisotopic (exact) mass is 647 g/mol. The first-order valence-corrected chi connectivity index (χ1v) is 15.7. The summed E-state index contributed by atoms with van der Waals surface area (Å²) in [5.41, 5.74) is -1.36. The summed E-state index contributed by atoms with van der Waals surface area (Å²) in [6.07, 6.45) is 1.84. The van der Waals surface area contributed by atoms with E-state index in [0.29, 0.717) is 19.5 Å². The van der Waals surface area contributed by atoms with Crippen LogP contribution in [-0.2, 0) is 15.0 Å². The van der Waals surface area contributed by atoms with Gasteiger partial charge in [-0.2, -0.15) is 0 Å². The number of likely N-dealkylation sites (tertiary alicyclic amines) is 1. The van der Waals surface area contributed by atoms with Gasteiger partial charge >= 0.3 is 0 Å². The zero-order chi connectivity index (χ0) is 32.6. The molecule has 1 N–H and O–H groups in total. The lowest BCUT2D eigenvalue weighted by atomic mass is 9.49. The Morgan fingerprint density at radius 3 is 1.89 bits per heavy atom. The van der Waals surface area contributed by atoms with Crippen molar-refractivity contribution in [3.05, 3.63) is 112 Å². The quantitative estimate of drug-likeness (QED) is 0.273. The molecule has 10 heteroatoms. The smallest absolute Gasteiger partial charge is 0.269 e. The number of carboxylic acid groups (broad SMARTS) is 2. The molecule has 2 aliphatic rings. The summed E-state index contributed by atoms with van der Waals surface area (Å²) in [5.74, 6) is -3.99. The molecule has 0 aliphatic carbocycles. The summed E-state index contributed by atoms with van der Waals surface area (Å²) in [4.78, 5) is 40.3. The van der Waals surface area contributed by atoms with Crippen LogP contribution in [0.5, 0.6) is 0 Å². The van der Waals surface area contributed by atoms with Gasteiger partial charge in [0.1, 0.15) is 0 Å². The molecule has 2 aliphatic heterocycles. The van der Waals surface area contributed by atoms with Crippen molar-refractivity contribution in [3.8, 4) is 0 Å². The van der Waals surface area contributed by atoms with Crippen molar-refractivity contribution >= 4 is 30.0 Å². The molecule has 6 unspecified atom stereocenters. The number of hydrogen-bond acceptors (Lipinski definition) is 8. The lowest BCUT2D eigenvalue weighted by Crippen LogP contribution is -2.77. The van der Waals surface area contributed by atoms with Gasteiger partial charge in [-0.3, -0.25) is 15.0 Å². The number of benzene rings is 3. The fraction of sp³-hybridized carbons (Fsp3) is 0.444. The summed E-state index contributed by atoms with van der Waals surface area (Å²) in [5, 5.41) is 42.0. The molecule has 2 heterocycles. The van der Waals surface area contributed by atoms with Crippen LogP contribution in [-0.4, -0.2) is 53.0 Å². The van der Waals surface area contributed by atoms with Crippen molar-refractivity contribution in [3.63, 3.8) is 0 Å². The predicted molar refractivity (Wildman–Crippen MR) is 174 cm³/mol. The zero-order valence-corrected chi connectivity index (χ0v) is 27.5. The van der Waals surface area contributed by atoms with Crippen LogP contribution in [0.3, 0.4) is 0 Å². The van der Waals surface area contributed by atoms with Gasteiger partial charge in [0.2, 0.25) is 0 Å². The Labute approximate surface area is 276 Å². The highest BCUT2D eigenvalue weighted by Crippen LogP contribution is 2.58. The highest BCUT2D eigenvalue weighted by Gasteiger charge is 2.63. The lowest BCUT2D eigenvalue weighted by molar-refractivity contribution is -0.385. The molecule has 2 saturated heterocycles. The van der Waals surface area contributed by atoms with Gasteiger partial charge < -0.3 is 25.1 Å². The Morgan fingerprint density at radius 1 is 0.891 bits per heavy atom. The normalized spacial score (nSPS) is 28.4. The molecule has 3 aromatic carbocycles. The molecule has 5 rings (SSSR count). The number of carbonyl (C=O) groups is 2. The molecule has 0 amide bonds. The number of nitro benzene ring substituents is 1. The van der Waals surface area contributed by atoms with Gasteiger partial charge in [0, 0.05) is 58.4 Å². The summed E-state index contributed by atoms with van der Waals surface area (Å²) < 4.78 is 0. The highest BCUT2D eigenvalue weighted by atomic mass is 35.5. The van der Waals surface area contributed by atoms with E-state index in [2.05, 4.69) is 34.5 Å².